The SMILES string of the molecule is O=C(NCc1ccc2c(c1)OCO2)[C@@H]1CCCN(c2nn3c(=O)c4c(nc3s2)CCCC4)C1. The molecule has 2 aromatic heterocycles. The van der Waals surface area contributed by atoms with E-state index < -0.39 is 0 Å². The van der Waals surface area contributed by atoms with Gasteiger partial charge in [0.25, 0.3) is 5.56 Å². The van der Waals surface area contributed by atoms with E-state index in [1.807, 2.05) is 18.2 Å². The van der Waals surface area contributed by atoms with E-state index in [9.17, 15) is 9.59 Å². The molecule has 1 aliphatic carbocycles. The number of rotatable bonds is 4. The fourth-order valence-corrected chi connectivity index (χ4v) is 5.79. The zero-order valence-corrected chi connectivity index (χ0v) is 19.0. The van der Waals surface area contributed by atoms with Gasteiger partial charge < -0.3 is 19.7 Å². The smallest absolute Gasteiger partial charge is 0.278 e. The molecule has 9 nitrogen and oxygen atoms in total. The van der Waals surface area contributed by atoms with Crippen LogP contribution in [0.3, 0.4) is 0 Å². The van der Waals surface area contributed by atoms with Gasteiger partial charge in [-0.05, 0) is 56.2 Å². The summed E-state index contributed by atoms with van der Waals surface area (Å²) < 4.78 is 12.2. The van der Waals surface area contributed by atoms with Crippen molar-refractivity contribution in [3.05, 3.63) is 45.4 Å². The van der Waals surface area contributed by atoms with E-state index in [2.05, 4.69) is 15.3 Å². The first-order valence-corrected chi connectivity index (χ1v) is 12.3. The van der Waals surface area contributed by atoms with Crippen LogP contribution >= 0.6 is 11.3 Å². The molecule has 0 unspecified atom stereocenters. The van der Waals surface area contributed by atoms with E-state index in [0.29, 0.717) is 23.8 Å². The molecule has 0 radical (unpaired) electrons. The number of ether oxygens (including phenoxy) is 2. The topological polar surface area (TPSA) is 98.1 Å². The second-order valence-electron chi connectivity index (χ2n) is 8.82. The minimum atomic E-state index is -0.127. The lowest BCUT2D eigenvalue weighted by molar-refractivity contribution is -0.125. The number of aryl methyl sites for hydroxylation is 1. The fourth-order valence-electron chi connectivity index (χ4n) is 4.84. The van der Waals surface area contributed by atoms with E-state index >= 15 is 0 Å². The molecule has 0 saturated carbocycles. The van der Waals surface area contributed by atoms with Gasteiger partial charge in [0, 0.05) is 25.2 Å². The average Bonchev–Trinajstić information content (AvgIpc) is 3.50. The molecule has 3 aromatic rings. The van der Waals surface area contributed by atoms with Crippen LogP contribution in [0.2, 0.25) is 0 Å². The molecule has 0 spiro atoms. The summed E-state index contributed by atoms with van der Waals surface area (Å²) in [5.74, 6) is 1.35. The molecule has 1 N–H and O–H groups in total. The normalized spacial score (nSPS) is 19.5. The third-order valence-electron chi connectivity index (χ3n) is 6.64. The molecule has 6 rings (SSSR count). The Balaban J connectivity index is 1.15. The van der Waals surface area contributed by atoms with Crippen molar-refractivity contribution >= 4 is 27.3 Å². The van der Waals surface area contributed by atoms with E-state index in [1.54, 1.807) is 0 Å². The number of piperidine rings is 1. The van der Waals surface area contributed by atoms with Crippen LogP contribution in [-0.2, 0) is 24.2 Å². The van der Waals surface area contributed by atoms with Gasteiger partial charge in [0.1, 0.15) is 0 Å². The van der Waals surface area contributed by atoms with Crippen molar-refractivity contribution in [1.82, 2.24) is 19.9 Å². The molecule has 10 heteroatoms. The number of hydrogen-bond acceptors (Lipinski definition) is 8. The van der Waals surface area contributed by atoms with Gasteiger partial charge >= 0.3 is 0 Å². The van der Waals surface area contributed by atoms with Crippen molar-refractivity contribution in [3.8, 4) is 11.5 Å². The van der Waals surface area contributed by atoms with Gasteiger partial charge in [0.05, 0.1) is 11.6 Å². The van der Waals surface area contributed by atoms with Crippen LogP contribution in [0.4, 0.5) is 5.13 Å². The maximum atomic E-state index is 12.9. The number of nitrogens with zero attached hydrogens (tertiary/aromatic N) is 4. The molecule has 1 atom stereocenters. The van der Waals surface area contributed by atoms with Crippen LogP contribution in [0.15, 0.2) is 23.0 Å². The van der Waals surface area contributed by atoms with Gasteiger partial charge in [0.2, 0.25) is 22.8 Å². The molecule has 3 aliphatic rings. The Morgan fingerprint density at radius 3 is 3.00 bits per heavy atom. The van der Waals surface area contributed by atoms with Crippen molar-refractivity contribution in [2.45, 2.75) is 45.1 Å². The molecular formula is C23H25N5O4S. The second-order valence-corrected chi connectivity index (χ2v) is 9.75. The van der Waals surface area contributed by atoms with Gasteiger partial charge in [-0.3, -0.25) is 9.59 Å². The summed E-state index contributed by atoms with van der Waals surface area (Å²) in [6, 6.07) is 5.71. The van der Waals surface area contributed by atoms with Crippen molar-refractivity contribution in [1.29, 1.82) is 0 Å². The molecule has 172 valence electrons. The molecule has 2 aliphatic heterocycles. The minimum absolute atomic E-state index is 0.0317. The molecule has 0 bridgehead atoms. The van der Waals surface area contributed by atoms with E-state index in [0.717, 1.165) is 72.8 Å². The van der Waals surface area contributed by atoms with Gasteiger partial charge in [-0.25, -0.2) is 4.98 Å². The quantitative estimate of drug-likeness (QED) is 0.629. The van der Waals surface area contributed by atoms with Crippen LogP contribution in [0, 0.1) is 5.92 Å². The number of carbonyl (C=O) groups excluding carboxylic acids is 1. The lowest BCUT2D eigenvalue weighted by Crippen LogP contribution is -2.43. The maximum absolute atomic E-state index is 12.9. The summed E-state index contributed by atoms with van der Waals surface area (Å²) >= 11 is 1.44. The Labute approximate surface area is 194 Å². The summed E-state index contributed by atoms with van der Waals surface area (Å²) in [5, 5.41) is 8.41. The molecule has 1 amide bonds. The minimum Gasteiger partial charge on any atom is -0.454 e. The number of fused-ring (bicyclic) bond motifs is 3. The van der Waals surface area contributed by atoms with Crippen LogP contribution in [-0.4, -0.2) is 40.4 Å². The second kappa shape index (κ2) is 8.33. The number of benzene rings is 1. The molecule has 1 aromatic carbocycles. The molecule has 1 fully saturated rings. The molecular weight excluding hydrogens is 442 g/mol. The first kappa shape index (κ1) is 20.5. The summed E-state index contributed by atoms with van der Waals surface area (Å²) in [4.78, 5) is 33.3. The highest BCUT2D eigenvalue weighted by Crippen LogP contribution is 2.32. The van der Waals surface area contributed by atoms with Crippen LogP contribution in [0.5, 0.6) is 11.5 Å². The van der Waals surface area contributed by atoms with Crippen LogP contribution in [0.1, 0.15) is 42.5 Å². The first-order chi connectivity index (χ1) is 16.2. The highest BCUT2D eigenvalue weighted by Gasteiger charge is 2.28. The van der Waals surface area contributed by atoms with Crippen molar-refractivity contribution < 1.29 is 14.3 Å². The molecule has 4 heterocycles. The van der Waals surface area contributed by atoms with E-state index in [4.69, 9.17) is 14.5 Å². The monoisotopic (exact) mass is 467 g/mol. The predicted molar refractivity (Wildman–Crippen MR) is 123 cm³/mol. The molecule has 1 saturated heterocycles. The fraction of sp³-hybridized carbons (Fsp3) is 0.478. The first-order valence-electron chi connectivity index (χ1n) is 11.5. The Hall–Kier alpha value is -3.14. The Kier molecular flexibility index (Phi) is 5.17. The number of nitrogens with one attached hydrogen (secondary N) is 1. The largest absolute Gasteiger partial charge is 0.454 e. The third kappa shape index (κ3) is 3.82. The Morgan fingerprint density at radius 1 is 1.18 bits per heavy atom. The number of aromatic nitrogens is 3. The lowest BCUT2D eigenvalue weighted by atomic mass is 9.97. The maximum Gasteiger partial charge on any atom is 0.278 e. The summed E-state index contributed by atoms with van der Waals surface area (Å²) in [5.41, 5.74) is 2.68. The van der Waals surface area contributed by atoms with Gasteiger partial charge in [-0.1, -0.05) is 17.4 Å². The number of carbonyl (C=O) groups is 1. The lowest BCUT2D eigenvalue weighted by Gasteiger charge is -2.31. The van der Waals surface area contributed by atoms with Crippen LogP contribution in [0.25, 0.3) is 4.96 Å². The number of anilines is 1. The standard InChI is InChI=1S/C23H25N5O4S/c29-20(24-11-14-7-8-18-19(10-14)32-13-31-18)15-4-3-9-27(12-15)23-26-28-21(30)16-5-1-2-6-17(16)25-22(28)33-23/h7-8,10,15H,1-6,9,11-13H2,(H,24,29)/t15-/m1/s1. The number of hydrogen-bond donors (Lipinski definition) is 1. The van der Waals surface area contributed by atoms with Crippen molar-refractivity contribution in [2.24, 2.45) is 5.92 Å². The van der Waals surface area contributed by atoms with Crippen LogP contribution < -0.4 is 25.2 Å². The predicted octanol–water partition coefficient (Wildman–Crippen LogP) is 2.29. The average molecular weight is 468 g/mol. The van der Waals surface area contributed by atoms with Gasteiger partial charge in [0.15, 0.2) is 11.5 Å². The van der Waals surface area contributed by atoms with Crippen molar-refractivity contribution in [3.63, 3.8) is 0 Å². The molecule has 33 heavy (non-hydrogen) atoms. The number of amides is 1. The summed E-state index contributed by atoms with van der Waals surface area (Å²) in [6.45, 7) is 2.08. The third-order valence-corrected chi connectivity index (χ3v) is 7.60. The summed E-state index contributed by atoms with van der Waals surface area (Å²) in [6.07, 6.45) is 5.49. The zero-order valence-electron chi connectivity index (χ0n) is 18.2. The Morgan fingerprint density at radius 2 is 2.06 bits per heavy atom. The summed E-state index contributed by atoms with van der Waals surface area (Å²) in [7, 11) is 0. The van der Waals surface area contributed by atoms with E-state index in [-0.39, 0.29) is 24.2 Å². The van der Waals surface area contributed by atoms with E-state index in [1.165, 1.54) is 15.9 Å². The Bertz CT molecular complexity index is 1290. The van der Waals surface area contributed by atoms with Gasteiger partial charge in [-0.2, -0.15) is 4.52 Å². The van der Waals surface area contributed by atoms with Gasteiger partial charge in [-0.15, -0.1) is 5.10 Å². The highest BCUT2D eigenvalue weighted by molar-refractivity contribution is 7.20. The highest BCUT2D eigenvalue weighted by atomic mass is 32.1. The zero-order chi connectivity index (χ0) is 22.4. The van der Waals surface area contributed by atoms with Crippen molar-refractivity contribution in [2.75, 3.05) is 24.8 Å².